The highest BCUT2D eigenvalue weighted by molar-refractivity contribution is 4.99. The molecule has 4 heteroatoms. The first-order valence-corrected chi connectivity index (χ1v) is 5.51. The van der Waals surface area contributed by atoms with Crippen LogP contribution in [0, 0.1) is 11.8 Å². The lowest BCUT2D eigenvalue weighted by atomic mass is 9.90. The van der Waals surface area contributed by atoms with Crippen molar-refractivity contribution in [2.24, 2.45) is 17.6 Å². The van der Waals surface area contributed by atoms with Gasteiger partial charge in [-0.15, -0.1) is 0 Å². The molecule has 0 aliphatic rings. The van der Waals surface area contributed by atoms with Crippen LogP contribution in [-0.4, -0.2) is 21.2 Å². The van der Waals surface area contributed by atoms with Crippen LogP contribution in [0.5, 0.6) is 0 Å². The summed E-state index contributed by atoms with van der Waals surface area (Å²) in [5.74, 6) is 1.14. The molecule has 0 bridgehead atoms. The van der Waals surface area contributed by atoms with Gasteiger partial charge >= 0.3 is 0 Å². The van der Waals surface area contributed by atoms with Crippen LogP contribution in [0.1, 0.15) is 32.7 Å². The number of imidazole rings is 1. The zero-order valence-corrected chi connectivity index (χ0v) is 9.72. The molecule has 15 heavy (non-hydrogen) atoms. The molecule has 0 aromatic carbocycles. The van der Waals surface area contributed by atoms with Crippen molar-refractivity contribution < 1.29 is 5.11 Å². The summed E-state index contributed by atoms with van der Waals surface area (Å²) in [6.45, 7) is 7.47. The Morgan fingerprint density at radius 2 is 2.20 bits per heavy atom. The van der Waals surface area contributed by atoms with E-state index >= 15 is 0 Å². The number of nitrogens with two attached hydrogens (primary N) is 1. The number of rotatable bonds is 5. The first-order valence-electron chi connectivity index (χ1n) is 5.51. The Balaban J connectivity index is 2.87. The maximum Gasteiger partial charge on any atom is 0.137 e. The highest BCUT2D eigenvalue weighted by Gasteiger charge is 2.25. The molecule has 1 rings (SSSR count). The fourth-order valence-corrected chi connectivity index (χ4v) is 1.81. The van der Waals surface area contributed by atoms with Gasteiger partial charge in [0.15, 0.2) is 0 Å². The van der Waals surface area contributed by atoms with Gasteiger partial charge in [-0.05, 0) is 19.4 Å². The van der Waals surface area contributed by atoms with E-state index in [9.17, 15) is 5.11 Å². The minimum absolute atomic E-state index is 0.0673. The van der Waals surface area contributed by atoms with Gasteiger partial charge in [-0.3, -0.25) is 0 Å². The first kappa shape index (κ1) is 12.2. The molecule has 0 aliphatic heterocycles. The fourth-order valence-electron chi connectivity index (χ4n) is 1.81. The molecule has 1 aromatic rings. The predicted octanol–water partition coefficient (Wildman–Crippen LogP) is 1.17. The molecule has 3 N–H and O–H groups in total. The Hall–Kier alpha value is -0.870. The third-order valence-electron chi connectivity index (χ3n) is 2.89. The van der Waals surface area contributed by atoms with Crippen molar-refractivity contribution in [3.05, 3.63) is 18.2 Å². The zero-order chi connectivity index (χ0) is 11.4. The van der Waals surface area contributed by atoms with Crippen molar-refractivity contribution in [1.29, 1.82) is 0 Å². The molecule has 0 fully saturated rings. The number of hydrogen-bond donors (Lipinski definition) is 2. The van der Waals surface area contributed by atoms with Gasteiger partial charge < -0.3 is 15.4 Å². The van der Waals surface area contributed by atoms with Gasteiger partial charge in [0, 0.05) is 24.9 Å². The molecular weight excluding hydrogens is 190 g/mol. The summed E-state index contributed by atoms with van der Waals surface area (Å²) in [5.41, 5.74) is 5.68. The molecule has 0 saturated heterocycles. The lowest BCUT2D eigenvalue weighted by Gasteiger charge is -2.24. The minimum atomic E-state index is -0.565. The molecule has 0 radical (unpaired) electrons. The highest BCUT2D eigenvalue weighted by atomic mass is 16.3. The fraction of sp³-hybridized carbons (Fsp3) is 0.727. The molecular formula is C11H21N3O. The second kappa shape index (κ2) is 5.28. The Labute approximate surface area is 91.1 Å². The third-order valence-corrected chi connectivity index (χ3v) is 2.89. The van der Waals surface area contributed by atoms with E-state index in [1.165, 1.54) is 0 Å². The SMILES string of the molecule is CCn1ccnc1C(O)C(CN)C(C)C. The average Bonchev–Trinajstić information content (AvgIpc) is 2.65. The van der Waals surface area contributed by atoms with Crippen LogP contribution in [0.15, 0.2) is 12.4 Å². The van der Waals surface area contributed by atoms with Crippen molar-refractivity contribution in [2.45, 2.75) is 33.4 Å². The minimum Gasteiger partial charge on any atom is -0.385 e. The van der Waals surface area contributed by atoms with Crippen molar-refractivity contribution in [3.63, 3.8) is 0 Å². The summed E-state index contributed by atoms with van der Waals surface area (Å²) < 4.78 is 1.95. The second-order valence-corrected chi connectivity index (χ2v) is 4.16. The standard InChI is InChI=1S/C11H21N3O/c1-4-14-6-5-13-11(14)10(15)9(7-12)8(2)3/h5-6,8-10,15H,4,7,12H2,1-3H3. The molecule has 0 aliphatic carbocycles. The van der Waals surface area contributed by atoms with Gasteiger partial charge in [0.25, 0.3) is 0 Å². The summed E-state index contributed by atoms with van der Waals surface area (Å²) in [4.78, 5) is 4.20. The number of nitrogens with zero attached hydrogens (tertiary/aromatic N) is 2. The number of aliphatic hydroxyl groups is 1. The number of aromatic nitrogens is 2. The van der Waals surface area contributed by atoms with Crippen molar-refractivity contribution in [1.82, 2.24) is 9.55 Å². The Kier molecular flexibility index (Phi) is 4.29. The molecule has 4 nitrogen and oxygen atoms in total. The van der Waals surface area contributed by atoms with Gasteiger partial charge in [-0.1, -0.05) is 13.8 Å². The number of hydrogen-bond acceptors (Lipinski definition) is 3. The van der Waals surface area contributed by atoms with Gasteiger partial charge in [0.2, 0.25) is 0 Å². The zero-order valence-electron chi connectivity index (χ0n) is 9.72. The molecule has 1 heterocycles. The highest BCUT2D eigenvalue weighted by Crippen LogP contribution is 2.25. The lowest BCUT2D eigenvalue weighted by Crippen LogP contribution is -2.28. The molecule has 2 atom stereocenters. The summed E-state index contributed by atoms with van der Waals surface area (Å²) in [6, 6.07) is 0. The van der Waals surface area contributed by atoms with E-state index < -0.39 is 6.10 Å². The largest absolute Gasteiger partial charge is 0.385 e. The van der Waals surface area contributed by atoms with Crippen LogP contribution in [-0.2, 0) is 6.54 Å². The normalized spacial score (nSPS) is 15.6. The average molecular weight is 211 g/mol. The maximum absolute atomic E-state index is 10.2. The quantitative estimate of drug-likeness (QED) is 0.768. The first-order chi connectivity index (χ1) is 7.11. The van der Waals surface area contributed by atoms with Crippen LogP contribution in [0.4, 0.5) is 0 Å². The Bertz CT molecular complexity index is 296. The molecule has 2 unspecified atom stereocenters. The van der Waals surface area contributed by atoms with E-state index in [0.29, 0.717) is 12.5 Å². The maximum atomic E-state index is 10.2. The van der Waals surface area contributed by atoms with Crippen molar-refractivity contribution in [3.8, 4) is 0 Å². The third kappa shape index (κ3) is 2.58. The van der Waals surface area contributed by atoms with Crippen LogP contribution >= 0.6 is 0 Å². The number of aliphatic hydroxyl groups excluding tert-OH is 1. The molecule has 1 aromatic heterocycles. The Morgan fingerprint density at radius 1 is 1.53 bits per heavy atom. The topological polar surface area (TPSA) is 64.1 Å². The summed E-state index contributed by atoms with van der Waals surface area (Å²) in [7, 11) is 0. The summed E-state index contributed by atoms with van der Waals surface area (Å²) in [6.07, 6.45) is 3.03. The van der Waals surface area contributed by atoms with Gasteiger partial charge in [0.1, 0.15) is 11.9 Å². The molecule has 0 saturated carbocycles. The van der Waals surface area contributed by atoms with E-state index in [0.717, 1.165) is 12.4 Å². The molecule has 86 valence electrons. The van der Waals surface area contributed by atoms with Gasteiger partial charge in [-0.25, -0.2) is 4.98 Å². The Morgan fingerprint density at radius 3 is 2.67 bits per heavy atom. The molecule has 0 spiro atoms. The van der Waals surface area contributed by atoms with Crippen LogP contribution in [0.3, 0.4) is 0 Å². The lowest BCUT2D eigenvalue weighted by molar-refractivity contribution is 0.0751. The monoisotopic (exact) mass is 211 g/mol. The van der Waals surface area contributed by atoms with E-state index in [2.05, 4.69) is 18.8 Å². The van der Waals surface area contributed by atoms with E-state index in [-0.39, 0.29) is 5.92 Å². The smallest absolute Gasteiger partial charge is 0.137 e. The van der Waals surface area contributed by atoms with Crippen LogP contribution in [0.25, 0.3) is 0 Å². The van der Waals surface area contributed by atoms with Gasteiger partial charge in [-0.2, -0.15) is 0 Å². The van der Waals surface area contributed by atoms with Crippen molar-refractivity contribution in [2.75, 3.05) is 6.54 Å². The molecule has 0 amide bonds. The van der Waals surface area contributed by atoms with E-state index in [1.54, 1.807) is 6.20 Å². The summed E-state index contributed by atoms with van der Waals surface area (Å²) >= 11 is 0. The van der Waals surface area contributed by atoms with Crippen LogP contribution < -0.4 is 5.73 Å². The van der Waals surface area contributed by atoms with E-state index in [4.69, 9.17) is 5.73 Å². The number of aryl methyl sites for hydroxylation is 1. The van der Waals surface area contributed by atoms with Crippen molar-refractivity contribution >= 4 is 0 Å². The van der Waals surface area contributed by atoms with Crippen LogP contribution in [0.2, 0.25) is 0 Å². The van der Waals surface area contributed by atoms with E-state index in [1.807, 2.05) is 17.7 Å². The van der Waals surface area contributed by atoms with Gasteiger partial charge in [0.05, 0.1) is 0 Å². The summed E-state index contributed by atoms with van der Waals surface area (Å²) in [5, 5.41) is 10.2. The predicted molar refractivity (Wildman–Crippen MR) is 60.2 cm³/mol. The second-order valence-electron chi connectivity index (χ2n) is 4.16.